The normalized spacial score (nSPS) is 19.6. The average molecular weight is 313 g/mol. The van der Waals surface area contributed by atoms with Crippen LogP contribution in [0.5, 0.6) is 0 Å². The van der Waals surface area contributed by atoms with E-state index >= 15 is 0 Å². The summed E-state index contributed by atoms with van der Waals surface area (Å²) < 4.78 is 5.28. The maximum Gasteiger partial charge on any atom is 0.339 e. The van der Waals surface area contributed by atoms with E-state index in [4.69, 9.17) is 4.74 Å². The second kappa shape index (κ2) is 5.53. The highest BCUT2D eigenvalue weighted by molar-refractivity contribution is 5.96. The topological polar surface area (TPSA) is 107 Å². The zero-order valence-electron chi connectivity index (χ0n) is 11.7. The van der Waals surface area contributed by atoms with Gasteiger partial charge in [0.2, 0.25) is 0 Å². The fourth-order valence-electron chi connectivity index (χ4n) is 2.67. The lowest BCUT2D eigenvalue weighted by molar-refractivity contribution is -0.384. The highest BCUT2D eigenvalue weighted by atomic mass is 16.6. The number of nitrogens with zero attached hydrogens (tertiary/aromatic N) is 1. The number of hydrogen-bond acceptors (Lipinski definition) is 5. The number of carboxylic acid groups (broad SMARTS) is 1. The lowest BCUT2D eigenvalue weighted by atomic mass is 9.84. The van der Waals surface area contributed by atoms with Crippen molar-refractivity contribution in [3.8, 4) is 0 Å². The van der Waals surface area contributed by atoms with Crippen molar-refractivity contribution in [1.82, 2.24) is 0 Å². The smallest absolute Gasteiger partial charge is 0.339 e. The Hall–Kier alpha value is -3.22. The van der Waals surface area contributed by atoms with Crippen molar-refractivity contribution in [1.29, 1.82) is 0 Å². The number of fused-ring (bicyclic) bond motifs is 1. The molecular formula is C16H11NO6. The maximum absolute atomic E-state index is 12.1. The monoisotopic (exact) mass is 313 g/mol. The molecule has 2 aromatic carbocycles. The van der Waals surface area contributed by atoms with Gasteiger partial charge in [-0.1, -0.05) is 18.2 Å². The molecule has 1 heterocycles. The van der Waals surface area contributed by atoms with E-state index in [0.717, 1.165) is 0 Å². The van der Waals surface area contributed by atoms with Gasteiger partial charge in [-0.2, -0.15) is 0 Å². The first-order valence-electron chi connectivity index (χ1n) is 6.76. The van der Waals surface area contributed by atoms with E-state index in [1.807, 2.05) is 0 Å². The quantitative estimate of drug-likeness (QED) is 0.530. The molecule has 7 heteroatoms. The van der Waals surface area contributed by atoms with Gasteiger partial charge in [-0.3, -0.25) is 14.9 Å². The summed E-state index contributed by atoms with van der Waals surface area (Å²) in [5, 5.41) is 20.2. The number of esters is 1. The molecule has 0 saturated heterocycles. The number of ether oxygens (including phenoxy) is 1. The van der Waals surface area contributed by atoms with Gasteiger partial charge >= 0.3 is 11.9 Å². The molecule has 1 N–H and O–H groups in total. The summed E-state index contributed by atoms with van der Waals surface area (Å²) in [5.41, 5.74) is 0.867. The molecular weight excluding hydrogens is 302 g/mol. The van der Waals surface area contributed by atoms with Gasteiger partial charge in [-0.05, 0) is 29.3 Å². The summed E-state index contributed by atoms with van der Waals surface area (Å²) >= 11 is 0. The minimum Gasteiger partial charge on any atom is -0.481 e. The fraction of sp³-hybridized carbons (Fsp3) is 0.125. The molecule has 0 spiro atoms. The van der Waals surface area contributed by atoms with Crippen LogP contribution in [0.1, 0.15) is 33.5 Å². The maximum atomic E-state index is 12.1. The van der Waals surface area contributed by atoms with E-state index in [1.54, 1.807) is 18.2 Å². The van der Waals surface area contributed by atoms with Crippen molar-refractivity contribution < 1.29 is 24.4 Å². The van der Waals surface area contributed by atoms with E-state index in [9.17, 15) is 24.8 Å². The zero-order chi connectivity index (χ0) is 16.6. The number of cyclic esters (lactones) is 1. The number of nitro groups is 1. The Morgan fingerprint density at radius 2 is 1.78 bits per heavy atom. The largest absolute Gasteiger partial charge is 0.481 e. The van der Waals surface area contributed by atoms with Gasteiger partial charge in [0.15, 0.2) is 0 Å². The first-order valence-corrected chi connectivity index (χ1v) is 6.76. The van der Waals surface area contributed by atoms with E-state index in [0.29, 0.717) is 11.1 Å². The van der Waals surface area contributed by atoms with Gasteiger partial charge in [0.1, 0.15) is 12.0 Å². The van der Waals surface area contributed by atoms with Crippen molar-refractivity contribution in [2.45, 2.75) is 12.0 Å². The van der Waals surface area contributed by atoms with Crippen molar-refractivity contribution in [3.05, 3.63) is 75.3 Å². The molecule has 1 aliphatic rings. The fourth-order valence-corrected chi connectivity index (χ4v) is 2.67. The molecule has 2 aromatic rings. The standard InChI is InChI=1S/C16H11NO6/c18-15(19)13-11-3-1-2-4-12(11)16(20)23-14(13)9-5-7-10(8-6-9)17(21)22/h1-8,13-14H,(H,18,19)/t13-,14-/m1/s1. The van der Waals surface area contributed by atoms with Crippen LogP contribution in [0.3, 0.4) is 0 Å². The Labute approximate surface area is 130 Å². The zero-order valence-corrected chi connectivity index (χ0v) is 11.7. The van der Waals surface area contributed by atoms with Gasteiger partial charge in [-0.25, -0.2) is 4.79 Å². The molecule has 1 aliphatic heterocycles. The number of rotatable bonds is 3. The lowest BCUT2D eigenvalue weighted by Crippen LogP contribution is -2.31. The average Bonchev–Trinajstić information content (AvgIpc) is 2.54. The summed E-state index contributed by atoms with van der Waals surface area (Å²) in [6.07, 6.45) is -1.03. The van der Waals surface area contributed by atoms with Crippen LogP contribution >= 0.6 is 0 Å². The molecule has 7 nitrogen and oxygen atoms in total. The van der Waals surface area contributed by atoms with Crippen molar-refractivity contribution in [3.63, 3.8) is 0 Å². The van der Waals surface area contributed by atoms with Crippen molar-refractivity contribution in [2.24, 2.45) is 0 Å². The molecule has 0 aromatic heterocycles. The molecule has 2 atom stereocenters. The Bertz CT molecular complexity index is 798. The van der Waals surface area contributed by atoms with Crippen LogP contribution in [-0.4, -0.2) is 22.0 Å². The molecule has 0 fully saturated rings. The second-order valence-corrected chi connectivity index (χ2v) is 5.08. The summed E-state index contributed by atoms with van der Waals surface area (Å²) in [7, 11) is 0. The molecule has 0 saturated carbocycles. The van der Waals surface area contributed by atoms with E-state index in [2.05, 4.69) is 0 Å². The number of carboxylic acids is 1. The number of carbonyl (C=O) groups is 2. The third-order valence-corrected chi connectivity index (χ3v) is 3.75. The minimum absolute atomic E-state index is 0.122. The molecule has 0 unspecified atom stereocenters. The van der Waals surface area contributed by atoms with Gasteiger partial charge < -0.3 is 9.84 Å². The Morgan fingerprint density at radius 3 is 2.39 bits per heavy atom. The SMILES string of the molecule is O=C1O[C@H](c2ccc([N+](=O)[O-])cc2)[C@H](C(=O)O)c2ccccc21. The van der Waals surface area contributed by atoms with Gasteiger partial charge in [0.25, 0.3) is 5.69 Å². The minimum atomic E-state index is -1.13. The molecule has 3 rings (SSSR count). The van der Waals surface area contributed by atoms with Crippen LogP contribution in [0.25, 0.3) is 0 Å². The number of non-ortho nitro benzene ring substituents is 1. The van der Waals surface area contributed by atoms with E-state index in [-0.39, 0.29) is 11.3 Å². The highest BCUT2D eigenvalue weighted by Crippen LogP contribution is 2.41. The van der Waals surface area contributed by atoms with Gasteiger partial charge in [-0.15, -0.1) is 0 Å². The van der Waals surface area contributed by atoms with Gasteiger partial charge in [0.05, 0.1) is 10.5 Å². The van der Waals surface area contributed by atoms with Crippen LogP contribution in [0.4, 0.5) is 5.69 Å². The third-order valence-electron chi connectivity index (χ3n) is 3.75. The Kier molecular flexibility index (Phi) is 3.53. The Morgan fingerprint density at radius 1 is 1.13 bits per heavy atom. The second-order valence-electron chi connectivity index (χ2n) is 5.08. The first-order chi connectivity index (χ1) is 11.0. The molecule has 23 heavy (non-hydrogen) atoms. The molecule has 0 radical (unpaired) electrons. The van der Waals surface area contributed by atoms with Crippen LogP contribution in [0.2, 0.25) is 0 Å². The Balaban J connectivity index is 2.06. The number of carbonyl (C=O) groups excluding carboxylic acids is 1. The summed E-state index contributed by atoms with van der Waals surface area (Å²) in [6.45, 7) is 0. The van der Waals surface area contributed by atoms with Crippen LogP contribution in [0, 0.1) is 10.1 Å². The molecule has 0 bridgehead atoms. The lowest BCUT2D eigenvalue weighted by Gasteiger charge is -2.30. The molecule has 116 valence electrons. The predicted molar refractivity (Wildman–Crippen MR) is 78.1 cm³/mol. The van der Waals surface area contributed by atoms with Gasteiger partial charge in [0, 0.05) is 12.1 Å². The summed E-state index contributed by atoms with van der Waals surface area (Å²) in [5.74, 6) is -2.81. The van der Waals surface area contributed by atoms with Crippen LogP contribution in [-0.2, 0) is 9.53 Å². The third kappa shape index (κ3) is 2.52. The number of nitro benzene ring substituents is 1. The number of benzene rings is 2. The molecule has 0 aliphatic carbocycles. The summed E-state index contributed by atoms with van der Waals surface area (Å²) in [6, 6.07) is 11.7. The van der Waals surface area contributed by atoms with Crippen LogP contribution in [0.15, 0.2) is 48.5 Å². The summed E-state index contributed by atoms with van der Waals surface area (Å²) in [4.78, 5) is 33.9. The van der Waals surface area contributed by atoms with Crippen molar-refractivity contribution >= 4 is 17.6 Å². The van der Waals surface area contributed by atoms with E-state index < -0.39 is 28.9 Å². The predicted octanol–water partition coefficient (Wildman–Crippen LogP) is 2.67. The molecule has 0 amide bonds. The van der Waals surface area contributed by atoms with Crippen LogP contribution < -0.4 is 0 Å². The number of aliphatic carboxylic acids is 1. The highest BCUT2D eigenvalue weighted by Gasteiger charge is 2.41. The van der Waals surface area contributed by atoms with Crippen molar-refractivity contribution in [2.75, 3.05) is 0 Å². The number of hydrogen-bond donors (Lipinski definition) is 1. The van der Waals surface area contributed by atoms with E-state index in [1.165, 1.54) is 30.3 Å². The first kappa shape index (κ1) is 14.7.